The van der Waals surface area contributed by atoms with Crippen LogP contribution in [0.5, 0.6) is 5.75 Å². The lowest BCUT2D eigenvalue weighted by atomic mass is 10.0. The Balaban J connectivity index is 1.98. The predicted molar refractivity (Wildman–Crippen MR) is 103 cm³/mol. The Morgan fingerprint density at radius 3 is 2.37 bits per heavy atom. The molecule has 0 unspecified atom stereocenters. The van der Waals surface area contributed by atoms with Gasteiger partial charge in [0, 0.05) is 6.08 Å². The first-order valence-corrected chi connectivity index (χ1v) is 8.85. The quantitative estimate of drug-likeness (QED) is 0.513. The summed E-state index contributed by atoms with van der Waals surface area (Å²) in [5.41, 5.74) is 2.09. The van der Waals surface area contributed by atoms with Gasteiger partial charge in [0.2, 0.25) is 0 Å². The highest BCUT2D eigenvalue weighted by molar-refractivity contribution is 5.81. The summed E-state index contributed by atoms with van der Waals surface area (Å²) in [6.07, 6.45) is 2.70. The molecular formula is C22H26O5. The molecule has 1 N–H and O–H groups in total. The van der Waals surface area contributed by atoms with Gasteiger partial charge in [0.25, 0.3) is 0 Å². The molecule has 144 valence electrons. The van der Waals surface area contributed by atoms with Crippen LogP contribution >= 0.6 is 0 Å². The molecule has 27 heavy (non-hydrogen) atoms. The van der Waals surface area contributed by atoms with E-state index in [1.165, 1.54) is 13.2 Å². The van der Waals surface area contributed by atoms with Crippen LogP contribution in [0.2, 0.25) is 0 Å². The summed E-state index contributed by atoms with van der Waals surface area (Å²) in [4.78, 5) is 11.4. The van der Waals surface area contributed by atoms with E-state index in [9.17, 15) is 9.90 Å². The lowest BCUT2D eigenvalue weighted by Crippen LogP contribution is -2.28. The first-order chi connectivity index (χ1) is 13.1. The van der Waals surface area contributed by atoms with Gasteiger partial charge in [-0.25, -0.2) is 4.79 Å². The van der Waals surface area contributed by atoms with E-state index in [0.29, 0.717) is 13.0 Å². The van der Waals surface area contributed by atoms with Crippen molar-refractivity contribution in [2.45, 2.75) is 31.7 Å². The van der Waals surface area contributed by atoms with Crippen molar-refractivity contribution in [1.29, 1.82) is 0 Å². The highest BCUT2D eigenvalue weighted by Gasteiger charge is 2.18. The van der Waals surface area contributed by atoms with Crippen molar-refractivity contribution in [3.05, 3.63) is 77.9 Å². The molecule has 0 heterocycles. The fourth-order valence-corrected chi connectivity index (χ4v) is 2.57. The topological polar surface area (TPSA) is 65.0 Å². The van der Waals surface area contributed by atoms with Crippen molar-refractivity contribution in [3.63, 3.8) is 0 Å². The summed E-state index contributed by atoms with van der Waals surface area (Å²) < 4.78 is 15.6. The first kappa shape index (κ1) is 20.7. The van der Waals surface area contributed by atoms with Gasteiger partial charge in [0.15, 0.2) is 0 Å². The predicted octanol–water partition coefficient (Wildman–Crippen LogP) is 3.30. The number of ether oxygens (including phenoxy) is 3. The van der Waals surface area contributed by atoms with Crippen LogP contribution in [0, 0.1) is 0 Å². The minimum Gasteiger partial charge on any atom is -0.497 e. The molecular weight excluding hydrogens is 344 g/mol. The highest BCUT2D eigenvalue weighted by Crippen LogP contribution is 2.16. The van der Waals surface area contributed by atoms with Crippen molar-refractivity contribution in [2.24, 2.45) is 0 Å². The van der Waals surface area contributed by atoms with Crippen LogP contribution in [-0.2, 0) is 27.3 Å². The summed E-state index contributed by atoms with van der Waals surface area (Å²) in [5, 5.41) is 10.6. The fraction of sp³-hybridized carbons (Fsp3) is 0.318. The monoisotopic (exact) mass is 370 g/mol. The standard InChI is InChI=1S/C22H26O5/c1-25-19-11-8-18(9-12-19)16-27-21(14-15-22(24)26-2)20(23)13-10-17-6-4-3-5-7-17/h3-9,11-12,14-15,20-21,23H,10,13,16H2,1-2H3/b15-14+/t20-,21-/m1/s1. The average Bonchev–Trinajstić information content (AvgIpc) is 2.73. The molecule has 0 amide bonds. The van der Waals surface area contributed by atoms with Gasteiger partial charge in [0.05, 0.1) is 26.9 Å². The third kappa shape index (κ3) is 7.25. The zero-order valence-electron chi connectivity index (χ0n) is 15.7. The third-order valence-corrected chi connectivity index (χ3v) is 4.18. The van der Waals surface area contributed by atoms with Gasteiger partial charge in [-0.05, 0) is 42.2 Å². The number of esters is 1. The van der Waals surface area contributed by atoms with Crippen molar-refractivity contribution in [3.8, 4) is 5.75 Å². The lowest BCUT2D eigenvalue weighted by Gasteiger charge is -2.21. The number of rotatable bonds is 10. The van der Waals surface area contributed by atoms with Gasteiger partial charge >= 0.3 is 5.97 Å². The summed E-state index contributed by atoms with van der Waals surface area (Å²) in [7, 11) is 2.92. The number of aliphatic hydroxyl groups excluding tert-OH is 1. The fourth-order valence-electron chi connectivity index (χ4n) is 2.57. The van der Waals surface area contributed by atoms with E-state index in [2.05, 4.69) is 4.74 Å². The summed E-state index contributed by atoms with van der Waals surface area (Å²) in [5.74, 6) is 0.284. The van der Waals surface area contributed by atoms with Gasteiger partial charge < -0.3 is 19.3 Å². The SMILES string of the molecule is COC(=O)/C=C/[C@@H](OCc1ccc(OC)cc1)[C@H](O)CCc1ccccc1. The van der Waals surface area contributed by atoms with E-state index in [4.69, 9.17) is 9.47 Å². The second-order valence-electron chi connectivity index (χ2n) is 6.10. The highest BCUT2D eigenvalue weighted by atomic mass is 16.5. The van der Waals surface area contributed by atoms with Gasteiger partial charge in [-0.15, -0.1) is 0 Å². The maximum absolute atomic E-state index is 11.4. The van der Waals surface area contributed by atoms with Crippen LogP contribution in [0.4, 0.5) is 0 Å². The largest absolute Gasteiger partial charge is 0.497 e. The third-order valence-electron chi connectivity index (χ3n) is 4.18. The number of carbonyl (C=O) groups is 1. The van der Waals surface area contributed by atoms with E-state index in [1.807, 2.05) is 54.6 Å². The van der Waals surface area contributed by atoms with Gasteiger partial charge in [-0.1, -0.05) is 42.5 Å². The maximum atomic E-state index is 11.4. The number of carbonyl (C=O) groups excluding carboxylic acids is 1. The number of hydrogen-bond acceptors (Lipinski definition) is 5. The Kier molecular flexibility index (Phi) is 8.55. The zero-order chi connectivity index (χ0) is 19.5. The second kappa shape index (κ2) is 11.2. The Hall–Kier alpha value is -2.63. The van der Waals surface area contributed by atoms with Crippen molar-refractivity contribution < 1.29 is 24.1 Å². The molecule has 5 nitrogen and oxygen atoms in total. The Morgan fingerprint density at radius 2 is 1.74 bits per heavy atom. The molecule has 0 bridgehead atoms. The van der Waals surface area contributed by atoms with E-state index in [1.54, 1.807) is 13.2 Å². The summed E-state index contributed by atoms with van der Waals surface area (Å²) in [6, 6.07) is 17.4. The minimum absolute atomic E-state index is 0.308. The van der Waals surface area contributed by atoms with Crippen LogP contribution in [0.15, 0.2) is 66.7 Å². The number of aliphatic hydroxyl groups is 1. The van der Waals surface area contributed by atoms with Crippen molar-refractivity contribution in [2.75, 3.05) is 14.2 Å². The van der Waals surface area contributed by atoms with Gasteiger partial charge in [0.1, 0.15) is 11.9 Å². The molecule has 0 radical (unpaired) electrons. The lowest BCUT2D eigenvalue weighted by molar-refractivity contribution is -0.134. The molecule has 0 aliphatic carbocycles. The van der Waals surface area contributed by atoms with Gasteiger partial charge in [-0.2, -0.15) is 0 Å². The van der Waals surface area contributed by atoms with Gasteiger partial charge in [-0.3, -0.25) is 0 Å². The molecule has 2 atom stereocenters. The number of benzene rings is 2. The normalized spacial score (nSPS) is 13.3. The smallest absolute Gasteiger partial charge is 0.330 e. The van der Waals surface area contributed by atoms with Crippen LogP contribution in [0.1, 0.15) is 17.5 Å². The molecule has 0 fully saturated rings. The Morgan fingerprint density at radius 1 is 1.04 bits per heavy atom. The van der Waals surface area contributed by atoms with E-state index >= 15 is 0 Å². The zero-order valence-corrected chi connectivity index (χ0v) is 15.7. The van der Waals surface area contributed by atoms with Crippen LogP contribution in [0.3, 0.4) is 0 Å². The van der Waals surface area contributed by atoms with Crippen molar-refractivity contribution in [1.82, 2.24) is 0 Å². The summed E-state index contributed by atoms with van der Waals surface area (Å²) >= 11 is 0. The molecule has 2 aromatic carbocycles. The molecule has 0 aliphatic heterocycles. The first-order valence-electron chi connectivity index (χ1n) is 8.85. The van der Waals surface area contributed by atoms with E-state index in [0.717, 1.165) is 23.3 Å². The van der Waals surface area contributed by atoms with Crippen molar-refractivity contribution >= 4 is 5.97 Å². The maximum Gasteiger partial charge on any atom is 0.330 e. The van der Waals surface area contributed by atoms with Crippen LogP contribution < -0.4 is 4.74 Å². The van der Waals surface area contributed by atoms with Crippen LogP contribution in [0.25, 0.3) is 0 Å². The molecule has 0 spiro atoms. The average molecular weight is 370 g/mol. The molecule has 0 aromatic heterocycles. The van der Waals surface area contributed by atoms with E-state index in [-0.39, 0.29) is 0 Å². The molecule has 0 aliphatic rings. The summed E-state index contributed by atoms with van der Waals surface area (Å²) in [6.45, 7) is 0.308. The minimum atomic E-state index is -0.746. The second-order valence-corrected chi connectivity index (χ2v) is 6.10. The van der Waals surface area contributed by atoms with E-state index < -0.39 is 18.2 Å². The van der Waals surface area contributed by atoms with Crippen LogP contribution in [-0.4, -0.2) is 37.5 Å². The molecule has 2 aromatic rings. The Labute approximate surface area is 160 Å². The number of aryl methyl sites for hydroxylation is 1. The molecule has 2 rings (SSSR count). The Bertz CT molecular complexity index is 709. The molecule has 0 saturated heterocycles. The molecule has 5 heteroatoms. The molecule has 0 saturated carbocycles. The number of hydrogen-bond donors (Lipinski definition) is 1. The number of methoxy groups -OCH3 is 2.